The van der Waals surface area contributed by atoms with Gasteiger partial charge in [0, 0.05) is 25.3 Å². The molecule has 0 spiro atoms. The van der Waals surface area contributed by atoms with E-state index in [4.69, 9.17) is 0 Å². The number of hydrogen-bond donors (Lipinski definition) is 1. The van der Waals surface area contributed by atoms with Crippen LogP contribution >= 0.6 is 0 Å². The van der Waals surface area contributed by atoms with Gasteiger partial charge in [0.05, 0.1) is 5.69 Å². The summed E-state index contributed by atoms with van der Waals surface area (Å²) in [6, 6.07) is 2.80. The van der Waals surface area contributed by atoms with E-state index in [1.54, 1.807) is 0 Å². The second-order valence-electron chi connectivity index (χ2n) is 5.62. The molecule has 1 saturated carbocycles. The molecule has 0 bridgehead atoms. The van der Waals surface area contributed by atoms with Crippen molar-refractivity contribution < 1.29 is 0 Å². The van der Waals surface area contributed by atoms with Gasteiger partial charge in [-0.3, -0.25) is 4.68 Å². The molecule has 2 rings (SSSR count). The lowest BCUT2D eigenvalue weighted by Crippen LogP contribution is -2.28. The van der Waals surface area contributed by atoms with Crippen molar-refractivity contribution in [1.82, 2.24) is 15.1 Å². The van der Waals surface area contributed by atoms with Crippen molar-refractivity contribution in [1.29, 1.82) is 0 Å². The van der Waals surface area contributed by atoms with E-state index in [-0.39, 0.29) is 0 Å². The van der Waals surface area contributed by atoms with E-state index in [0.717, 1.165) is 13.1 Å². The van der Waals surface area contributed by atoms with Gasteiger partial charge in [-0.1, -0.05) is 13.8 Å². The maximum atomic E-state index is 4.29. The highest BCUT2D eigenvalue weighted by Crippen LogP contribution is 2.36. The fraction of sp³-hybridized carbons (Fsp3) is 0.769. The molecule has 0 radical (unpaired) electrons. The van der Waals surface area contributed by atoms with E-state index < -0.39 is 0 Å². The molecule has 3 nitrogen and oxygen atoms in total. The van der Waals surface area contributed by atoms with E-state index in [9.17, 15) is 0 Å². The van der Waals surface area contributed by atoms with Gasteiger partial charge in [-0.15, -0.1) is 0 Å². The number of rotatable bonds is 4. The minimum absolute atomic E-state index is 0.530. The summed E-state index contributed by atoms with van der Waals surface area (Å²) < 4.78 is 2.06. The first-order valence-corrected chi connectivity index (χ1v) is 6.35. The maximum absolute atomic E-state index is 4.29. The van der Waals surface area contributed by atoms with Crippen LogP contribution in [0.25, 0.3) is 0 Å². The van der Waals surface area contributed by atoms with Crippen molar-refractivity contribution in [3.63, 3.8) is 0 Å². The predicted molar refractivity (Wildman–Crippen MR) is 66.2 cm³/mol. The molecule has 1 aliphatic carbocycles. The first-order valence-electron chi connectivity index (χ1n) is 6.35. The molecule has 1 heterocycles. The molecule has 1 fully saturated rings. The topological polar surface area (TPSA) is 29.9 Å². The van der Waals surface area contributed by atoms with Gasteiger partial charge < -0.3 is 5.32 Å². The third-order valence-corrected chi connectivity index (χ3v) is 3.64. The molecule has 0 aromatic carbocycles. The highest BCUT2D eigenvalue weighted by atomic mass is 15.3. The third kappa shape index (κ3) is 2.64. The van der Waals surface area contributed by atoms with E-state index in [0.29, 0.717) is 11.5 Å². The standard InChI is InChI=1S/C13H23N3/c1-4-16-12(6-8-15-16)10-14-11-5-7-13(2,3)9-11/h6,8,11,14H,4-5,7,9-10H2,1-3H3. The van der Waals surface area contributed by atoms with Gasteiger partial charge in [0.15, 0.2) is 0 Å². The largest absolute Gasteiger partial charge is 0.308 e. The van der Waals surface area contributed by atoms with Crippen LogP contribution in [-0.4, -0.2) is 15.8 Å². The molecule has 1 aromatic rings. The first-order chi connectivity index (χ1) is 7.61. The second kappa shape index (κ2) is 4.58. The lowest BCUT2D eigenvalue weighted by atomic mass is 9.92. The summed E-state index contributed by atoms with van der Waals surface area (Å²) in [7, 11) is 0. The highest BCUT2D eigenvalue weighted by molar-refractivity contribution is 5.00. The molecule has 3 heteroatoms. The Labute approximate surface area is 98.2 Å². The summed E-state index contributed by atoms with van der Waals surface area (Å²) in [5, 5.41) is 7.94. The van der Waals surface area contributed by atoms with Crippen molar-refractivity contribution in [2.75, 3.05) is 0 Å². The number of aryl methyl sites for hydroxylation is 1. The molecule has 1 aromatic heterocycles. The smallest absolute Gasteiger partial charge is 0.0522 e. The lowest BCUT2D eigenvalue weighted by Gasteiger charge is -2.18. The van der Waals surface area contributed by atoms with E-state index in [2.05, 4.69) is 41.9 Å². The molecule has 1 atom stereocenters. The Hall–Kier alpha value is -0.830. The van der Waals surface area contributed by atoms with Gasteiger partial charge in [-0.05, 0) is 37.7 Å². The molecule has 1 N–H and O–H groups in total. The van der Waals surface area contributed by atoms with Crippen molar-refractivity contribution in [2.45, 2.75) is 59.2 Å². The minimum Gasteiger partial charge on any atom is -0.308 e. The van der Waals surface area contributed by atoms with Crippen LogP contribution < -0.4 is 5.32 Å². The summed E-state index contributed by atoms with van der Waals surface area (Å²) in [6.07, 6.45) is 5.84. The molecular formula is C13H23N3. The van der Waals surface area contributed by atoms with Crippen LogP contribution in [0.1, 0.15) is 45.7 Å². The van der Waals surface area contributed by atoms with Gasteiger partial charge in [0.2, 0.25) is 0 Å². The van der Waals surface area contributed by atoms with Crippen molar-refractivity contribution in [3.8, 4) is 0 Å². The zero-order chi connectivity index (χ0) is 11.6. The summed E-state index contributed by atoms with van der Waals surface area (Å²) >= 11 is 0. The first kappa shape index (κ1) is 11.6. The van der Waals surface area contributed by atoms with Crippen LogP contribution in [0.2, 0.25) is 0 Å². The molecule has 16 heavy (non-hydrogen) atoms. The molecule has 1 unspecified atom stereocenters. The van der Waals surface area contributed by atoms with Crippen molar-refractivity contribution in [3.05, 3.63) is 18.0 Å². The monoisotopic (exact) mass is 221 g/mol. The highest BCUT2D eigenvalue weighted by Gasteiger charge is 2.30. The number of nitrogens with zero attached hydrogens (tertiary/aromatic N) is 2. The average Bonchev–Trinajstić information content (AvgIpc) is 2.81. The van der Waals surface area contributed by atoms with Crippen LogP contribution in [-0.2, 0) is 13.1 Å². The van der Waals surface area contributed by atoms with Crippen LogP contribution in [0.4, 0.5) is 0 Å². The molecular weight excluding hydrogens is 198 g/mol. The Morgan fingerprint density at radius 1 is 1.56 bits per heavy atom. The van der Waals surface area contributed by atoms with Gasteiger partial charge in [0.1, 0.15) is 0 Å². The summed E-state index contributed by atoms with van der Waals surface area (Å²) in [6.45, 7) is 8.78. The normalized spacial score (nSPS) is 23.8. The SMILES string of the molecule is CCn1nccc1CNC1CCC(C)(C)C1. The van der Waals surface area contributed by atoms with E-state index in [1.165, 1.54) is 25.0 Å². The fourth-order valence-corrected chi connectivity index (χ4v) is 2.65. The number of hydrogen-bond acceptors (Lipinski definition) is 2. The summed E-state index contributed by atoms with van der Waals surface area (Å²) in [5.74, 6) is 0. The third-order valence-electron chi connectivity index (χ3n) is 3.64. The van der Waals surface area contributed by atoms with E-state index in [1.807, 2.05) is 6.20 Å². The second-order valence-corrected chi connectivity index (χ2v) is 5.62. The van der Waals surface area contributed by atoms with Crippen LogP contribution in [0, 0.1) is 5.41 Å². The quantitative estimate of drug-likeness (QED) is 0.847. The Balaban J connectivity index is 1.84. The summed E-state index contributed by atoms with van der Waals surface area (Å²) in [4.78, 5) is 0. The zero-order valence-electron chi connectivity index (χ0n) is 10.7. The Kier molecular flexibility index (Phi) is 3.33. The summed E-state index contributed by atoms with van der Waals surface area (Å²) in [5.41, 5.74) is 1.83. The molecule has 90 valence electrons. The van der Waals surface area contributed by atoms with Gasteiger partial charge in [0.25, 0.3) is 0 Å². The fourth-order valence-electron chi connectivity index (χ4n) is 2.65. The molecule has 0 amide bonds. The van der Waals surface area contributed by atoms with E-state index >= 15 is 0 Å². The Bertz CT molecular complexity index is 341. The predicted octanol–water partition coefficient (Wildman–Crippen LogP) is 2.57. The van der Waals surface area contributed by atoms with Crippen LogP contribution in [0.5, 0.6) is 0 Å². The molecule has 0 saturated heterocycles. The molecule has 1 aliphatic rings. The van der Waals surface area contributed by atoms with Crippen LogP contribution in [0.3, 0.4) is 0 Å². The number of aromatic nitrogens is 2. The zero-order valence-corrected chi connectivity index (χ0v) is 10.7. The van der Waals surface area contributed by atoms with Crippen molar-refractivity contribution >= 4 is 0 Å². The van der Waals surface area contributed by atoms with Gasteiger partial charge in [-0.2, -0.15) is 5.10 Å². The average molecular weight is 221 g/mol. The Morgan fingerprint density at radius 2 is 2.38 bits per heavy atom. The lowest BCUT2D eigenvalue weighted by molar-refractivity contribution is 0.363. The maximum Gasteiger partial charge on any atom is 0.0522 e. The number of nitrogens with one attached hydrogen (secondary N) is 1. The van der Waals surface area contributed by atoms with Gasteiger partial charge >= 0.3 is 0 Å². The Morgan fingerprint density at radius 3 is 3.00 bits per heavy atom. The minimum atomic E-state index is 0.530. The van der Waals surface area contributed by atoms with Gasteiger partial charge in [-0.25, -0.2) is 0 Å². The van der Waals surface area contributed by atoms with Crippen molar-refractivity contribution in [2.24, 2.45) is 5.41 Å². The molecule has 0 aliphatic heterocycles. The van der Waals surface area contributed by atoms with Crippen LogP contribution in [0.15, 0.2) is 12.3 Å².